The Morgan fingerprint density at radius 1 is 1.10 bits per heavy atom. The first-order valence-electron chi connectivity index (χ1n) is 6.21. The molecule has 0 aliphatic rings. The van der Waals surface area contributed by atoms with Crippen molar-refractivity contribution >= 4 is 21.6 Å². The van der Waals surface area contributed by atoms with Crippen LogP contribution < -0.4 is 5.32 Å². The highest BCUT2D eigenvalue weighted by molar-refractivity contribution is 9.10. The highest BCUT2D eigenvalue weighted by atomic mass is 79.9. The first-order chi connectivity index (χ1) is 9.91. The smallest absolute Gasteiger partial charge is 0.394 e. The molecule has 0 saturated carbocycles. The number of benzene rings is 2. The minimum absolute atomic E-state index is 0.0208. The van der Waals surface area contributed by atoms with Crippen molar-refractivity contribution in [2.24, 2.45) is 0 Å². The second-order valence-corrected chi connectivity index (χ2v) is 5.39. The summed E-state index contributed by atoms with van der Waals surface area (Å²) >= 11 is 3.29. The second-order valence-electron chi connectivity index (χ2n) is 4.47. The number of anilines is 1. The Hall–Kier alpha value is -1.53. The molecule has 0 heterocycles. The number of alkyl halides is 3. The van der Waals surface area contributed by atoms with Gasteiger partial charge in [-0.25, -0.2) is 0 Å². The lowest BCUT2D eigenvalue weighted by atomic mass is 10.00. The van der Waals surface area contributed by atoms with Crippen LogP contribution in [0.5, 0.6) is 0 Å². The minimum atomic E-state index is -4.46. The number of halogens is 4. The monoisotopic (exact) mass is 359 g/mol. The largest absolute Gasteiger partial charge is 0.416 e. The van der Waals surface area contributed by atoms with Gasteiger partial charge in [0.05, 0.1) is 18.2 Å². The maximum Gasteiger partial charge on any atom is 0.416 e. The fourth-order valence-corrected chi connectivity index (χ4v) is 2.46. The van der Waals surface area contributed by atoms with E-state index < -0.39 is 24.4 Å². The molecule has 0 spiro atoms. The summed E-state index contributed by atoms with van der Waals surface area (Å²) in [4.78, 5) is 0. The standard InChI is InChI=1S/C15H13BrF3NO/c16-10-4-3-5-11(8-10)20-14(9-21)12-6-1-2-7-13(12)15(17,18)19/h1-8,14,20-21H,9H2. The third kappa shape index (κ3) is 3.98. The van der Waals surface area contributed by atoms with Gasteiger partial charge >= 0.3 is 6.18 Å². The van der Waals surface area contributed by atoms with Crippen LogP contribution in [0.3, 0.4) is 0 Å². The number of rotatable bonds is 4. The molecule has 1 atom stereocenters. The fourth-order valence-electron chi connectivity index (χ4n) is 2.06. The van der Waals surface area contributed by atoms with Crippen molar-refractivity contribution in [1.29, 1.82) is 0 Å². The van der Waals surface area contributed by atoms with Gasteiger partial charge in [0.1, 0.15) is 0 Å². The Morgan fingerprint density at radius 3 is 2.43 bits per heavy atom. The van der Waals surface area contributed by atoms with Crippen LogP contribution in [0.15, 0.2) is 53.0 Å². The lowest BCUT2D eigenvalue weighted by Gasteiger charge is -2.22. The van der Waals surface area contributed by atoms with Crippen LogP contribution in [0.2, 0.25) is 0 Å². The average Bonchev–Trinajstić information content (AvgIpc) is 2.44. The Morgan fingerprint density at radius 2 is 1.81 bits per heavy atom. The summed E-state index contributed by atoms with van der Waals surface area (Å²) in [5.74, 6) is 0. The minimum Gasteiger partial charge on any atom is -0.394 e. The van der Waals surface area contributed by atoms with Crippen LogP contribution >= 0.6 is 15.9 Å². The Kier molecular flexibility index (Phi) is 4.90. The predicted octanol–water partition coefficient (Wildman–Crippen LogP) is 4.61. The van der Waals surface area contributed by atoms with E-state index in [2.05, 4.69) is 21.2 Å². The van der Waals surface area contributed by atoms with E-state index in [4.69, 9.17) is 0 Å². The second kappa shape index (κ2) is 6.49. The number of aliphatic hydroxyl groups is 1. The first kappa shape index (κ1) is 15.9. The highest BCUT2D eigenvalue weighted by Crippen LogP contribution is 2.35. The molecular formula is C15H13BrF3NO. The topological polar surface area (TPSA) is 32.3 Å². The molecule has 0 radical (unpaired) electrons. The van der Waals surface area contributed by atoms with E-state index in [-0.39, 0.29) is 5.56 Å². The highest BCUT2D eigenvalue weighted by Gasteiger charge is 2.34. The third-order valence-corrected chi connectivity index (χ3v) is 3.48. The zero-order valence-electron chi connectivity index (χ0n) is 10.9. The van der Waals surface area contributed by atoms with Crippen LogP contribution in [0.1, 0.15) is 17.2 Å². The van der Waals surface area contributed by atoms with E-state index in [1.54, 1.807) is 18.2 Å². The predicted molar refractivity (Wildman–Crippen MR) is 79.0 cm³/mol. The Labute approximate surface area is 128 Å². The quantitative estimate of drug-likeness (QED) is 0.835. The van der Waals surface area contributed by atoms with E-state index >= 15 is 0 Å². The average molecular weight is 360 g/mol. The summed E-state index contributed by atoms with van der Waals surface area (Å²) in [5, 5.41) is 12.4. The number of hydrogen-bond acceptors (Lipinski definition) is 2. The molecule has 1 unspecified atom stereocenters. The summed E-state index contributed by atoms with van der Waals surface area (Å²) in [5.41, 5.74) is -0.0978. The van der Waals surface area contributed by atoms with E-state index in [0.717, 1.165) is 10.5 Å². The maximum atomic E-state index is 13.0. The van der Waals surface area contributed by atoms with Crippen LogP contribution in [0.4, 0.5) is 18.9 Å². The molecule has 0 fully saturated rings. The van der Waals surface area contributed by atoms with Crippen molar-refractivity contribution in [2.75, 3.05) is 11.9 Å². The lowest BCUT2D eigenvalue weighted by molar-refractivity contribution is -0.138. The van der Waals surface area contributed by atoms with Gasteiger partial charge < -0.3 is 10.4 Å². The van der Waals surface area contributed by atoms with Crippen LogP contribution in [0, 0.1) is 0 Å². The zero-order chi connectivity index (χ0) is 15.5. The van der Waals surface area contributed by atoms with Crippen LogP contribution in [-0.2, 0) is 6.18 Å². The SMILES string of the molecule is OCC(Nc1cccc(Br)c1)c1ccccc1C(F)(F)F. The lowest BCUT2D eigenvalue weighted by Crippen LogP contribution is -2.20. The fraction of sp³-hybridized carbons (Fsp3) is 0.200. The molecule has 0 aromatic heterocycles. The summed E-state index contributed by atoms with van der Waals surface area (Å²) in [6, 6.07) is 11.4. The summed E-state index contributed by atoms with van der Waals surface area (Å²) in [6.07, 6.45) is -4.46. The molecule has 0 bridgehead atoms. The van der Waals surface area contributed by atoms with Crippen LogP contribution in [0.25, 0.3) is 0 Å². The van der Waals surface area contributed by atoms with Gasteiger partial charge in [0, 0.05) is 10.2 Å². The molecule has 6 heteroatoms. The van der Waals surface area contributed by atoms with Gasteiger partial charge in [0.15, 0.2) is 0 Å². The summed E-state index contributed by atoms with van der Waals surface area (Å²) < 4.78 is 39.9. The normalized spacial score (nSPS) is 13.0. The van der Waals surface area contributed by atoms with Crippen molar-refractivity contribution in [3.8, 4) is 0 Å². The maximum absolute atomic E-state index is 13.0. The molecule has 0 saturated heterocycles. The van der Waals surface area contributed by atoms with Gasteiger partial charge in [-0.1, -0.05) is 40.2 Å². The molecule has 2 rings (SSSR count). The van der Waals surface area contributed by atoms with Gasteiger partial charge in [0.2, 0.25) is 0 Å². The van der Waals surface area contributed by atoms with E-state index in [9.17, 15) is 18.3 Å². The molecule has 112 valence electrons. The van der Waals surface area contributed by atoms with Gasteiger partial charge in [-0.15, -0.1) is 0 Å². The Bertz CT molecular complexity index is 616. The van der Waals surface area contributed by atoms with E-state index in [1.165, 1.54) is 18.2 Å². The van der Waals surface area contributed by atoms with Gasteiger partial charge in [-0.2, -0.15) is 13.2 Å². The molecule has 0 aliphatic carbocycles. The van der Waals surface area contributed by atoms with Gasteiger partial charge in [-0.05, 0) is 29.8 Å². The molecule has 2 aromatic rings. The number of nitrogens with one attached hydrogen (secondary N) is 1. The van der Waals surface area contributed by atoms with Crippen molar-refractivity contribution in [3.63, 3.8) is 0 Å². The van der Waals surface area contributed by atoms with Crippen molar-refractivity contribution in [3.05, 3.63) is 64.1 Å². The number of hydrogen-bond donors (Lipinski definition) is 2. The molecule has 0 amide bonds. The van der Waals surface area contributed by atoms with Crippen LogP contribution in [-0.4, -0.2) is 11.7 Å². The Balaban J connectivity index is 2.34. The number of aliphatic hydroxyl groups excluding tert-OH is 1. The third-order valence-electron chi connectivity index (χ3n) is 2.99. The summed E-state index contributed by atoms with van der Waals surface area (Å²) in [7, 11) is 0. The van der Waals surface area contributed by atoms with E-state index in [1.807, 2.05) is 6.07 Å². The summed E-state index contributed by atoms with van der Waals surface area (Å²) in [6.45, 7) is -0.445. The van der Waals surface area contributed by atoms with Crippen molar-refractivity contribution < 1.29 is 18.3 Å². The molecule has 21 heavy (non-hydrogen) atoms. The zero-order valence-corrected chi connectivity index (χ0v) is 12.4. The molecule has 0 aliphatic heterocycles. The first-order valence-corrected chi connectivity index (χ1v) is 7.00. The van der Waals surface area contributed by atoms with Crippen molar-refractivity contribution in [2.45, 2.75) is 12.2 Å². The molecule has 2 N–H and O–H groups in total. The molecule has 2 aromatic carbocycles. The van der Waals surface area contributed by atoms with Gasteiger partial charge in [-0.3, -0.25) is 0 Å². The molecular weight excluding hydrogens is 347 g/mol. The van der Waals surface area contributed by atoms with E-state index in [0.29, 0.717) is 5.69 Å². The van der Waals surface area contributed by atoms with Gasteiger partial charge in [0.25, 0.3) is 0 Å². The molecule has 2 nitrogen and oxygen atoms in total. The van der Waals surface area contributed by atoms with Crippen molar-refractivity contribution in [1.82, 2.24) is 0 Å².